The summed E-state index contributed by atoms with van der Waals surface area (Å²) in [5, 5.41) is 0.641. The van der Waals surface area contributed by atoms with Crippen LogP contribution in [0.1, 0.15) is 24.3 Å². The second-order valence-electron chi connectivity index (χ2n) is 4.79. The number of hydrogen-bond donors (Lipinski definition) is 1. The first-order valence-corrected chi connectivity index (χ1v) is 7.84. The summed E-state index contributed by atoms with van der Waals surface area (Å²) in [5.41, 5.74) is 7.00. The standard InChI is InChI=1S/C14H18BrN3S/c1-10(2)18(9-13-7-17-14(16)19-13)8-11-3-5-12(15)6-4-11/h3-7,10H,8-9H2,1-2H3,(H2,16,17). The highest BCUT2D eigenvalue weighted by Crippen LogP contribution is 2.20. The Kier molecular flexibility index (Phi) is 4.96. The SMILES string of the molecule is CC(C)N(Cc1ccc(Br)cc1)Cc1cnc(N)s1. The molecule has 102 valence electrons. The number of nitrogens with two attached hydrogens (primary N) is 1. The molecule has 0 saturated carbocycles. The lowest BCUT2D eigenvalue weighted by molar-refractivity contribution is 0.205. The minimum Gasteiger partial charge on any atom is -0.375 e. The van der Waals surface area contributed by atoms with E-state index in [2.05, 4.69) is 63.9 Å². The second kappa shape index (κ2) is 6.50. The van der Waals surface area contributed by atoms with Gasteiger partial charge in [-0.3, -0.25) is 4.90 Å². The summed E-state index contributed by atoms with van der Waals surface area (Å²) in [4.78, 5) is 7.74. The minimum absolute atomic E-state index is 0.479. The van der Waals surface area contributed by atoms with Gasteiger partial charge in [-0.05, 0) is 31.5 Å². The van der Waals surface area contributed by atoms with Crippen LogP contribution in [-0.2, 0) is 13.1 Å². The van der Waals surface area contributed by atoms with E-state index >= 15 is 0 Å². The van der Waals surface area contributed by atoms with Crippen molar-refractivity contribution in [2.75, 3.05) is 5.73 Å². The zero-order valence-corrected chi connectivity index (χ0v) is 13.5. The summed E-state index contributed by atoms with van der Waals surface area (Å²) in [7, 11) is 0. The summed E-state index contributed by atoms with van der Waals surface area (Å²) >= 11 is 5.03. The molecule has 2 rings (SSSR count). The first-order valence-electron chi connectivity index (χ1n) is 6.23. The fourth-order valence-corrected chi connectivity index (χ4v) is 2.82. The quantitative estimate of drug-likeness (QED) is 0.898. The summed E-state index contributed by atoms with van der Waals surface area (Å²) in [5.74, 6) is 0. The molecule has 0 bridgehead atoms. The Hall–Kier alpha value is -0.910. The fraction of sp³-hybridized carbons (Fsp3) is 0.357. The third-order valence-corrected chi connectivity index (χ3v) is 4.30. The molecule has 3 nitrogen and oxygen atoms in total. The summed E-state index contributed by atoms with van der Waals surface area (Å²) in [6.45, 7) is 6.25. The molecule has 1 aromatic heterocycles. The third kappa shape index (κ3) is 4.30. The van der Waals surface area contributed by atoms with Crippen LogP contribution in [0.2, 0.25) is 0 Å². The molecule has 0 saturated heterocycles. The Balaban J connectivity index is 2.06. The number of anilines is 1. The molecule has 1 aromatic carbocycles. The van der Waals surface area contributed by atoms with Gasteiger partial charge in [-0.25, -0.2) is 4.98 Å². The first-order chi connectivity index (χ1) is 9.04. The molecule has 0 unspecified atom stereocenters. The molecule has 19 heavy (non-hydrogen) atoms. The van der Waals surface area contributed by atoms with Gasteiger partial charge in [0.05, 0.1) is 0 Å². The van der Waals surface area contributed by atoms with Gasteiger partial charge in [0.2, 0.25) is 0 Å². The van der Waals surface area contributed by atoms with Crippen molar-refractivity contribution in [2.24, 2.45) is 0 Å². The van der Waals surface area contributed by atoms with Crippen molar-refractivity contribution in [1.29, 1.82) is 0 Å². The predicted octanol–water partition coefficient (Wildman–Crippen LogP) is 3.90. The van der Waals surface area contributed by atoms with Crippen LogP contribution < -0.4 is 5.73 Å². The summed E-state index contributed by atoms with van der Waals surface area (Å²) in [6, 6.07) is 8.95. The van der Waals surface area contributed by atoms with Crippen LogP contribution >= 0.6 is 27.3 Å². The molecular weight excluding hydrogens is 322 g/mol. The van der Waals surface area contributed by atoms with E-state index in [9.17, 15) is 0 Å². The minimum atomic E-state index is 0.479. The smallest absolute Gasteiger partial charge is 0.180 e. The molecule has 2 aromatic rings. The van der Waals surface area contributed by atoms with E-state index in [4.69, 9.17) is 5.73 Å². The molecule has 5 heteroatoms. The Morgan fingerprint density at radius 3 is 2.47 bits per heavy atom. The predicted molar refractivity (Wildman–Crippen MR) is 85.1 cm³/mol. The Morgan fingerprint density at radius 1 is 1.26 bits per heavy atom. The fourth-order valence-electron chi connectivity index (χ4n) is 1.84. The normalized spacial score (nSPS) is 11.4. The van der Waals surface area contributed by atoms with Gasteiger partial charge >= 0.3 is 0 Å². The van der Waals surface area contributed by atoms with Crippen molar-refractivity contribution < 1.29 is 0 Å². The molecule has 0 aliphatic carbocycles. The number of halogens is 1. The van der Waals surface area contributed by atoms with E-state index in [1.54, 1.807) is 11.3 Å². The van der Waals surface area contributed by atoms with Crippen molar-refractivity contribution >= 4 is 32.4 Å². The zero-order chi connectivity index (χ0) is 13.8. The van der Waals surface area contributed by atoms with Gasteiger partial charge in [0.1, 0.15) is 0 Å². The number of aromatic nitrogens is 1. The van der Waals surface area contributed by atoms with Crippen LogP contribution in [0, 0.1) is 0 Å². The molecule has 0 fully saturated rings. The maximum atomic E-state index is 5.68. The van der Waals surface area contributed by atoms with Crippen molar-refractivity contribution in [3.05, 3.63) is 45.4 Å². The molecule has 1 heterocycles. The van der Waals surface area contributed by atoms with Crippen molar-refractivity contribution in [2.45, 2.75) is 33.0 Å². The number of benzene rings is 1. The maximum Gasteiger partial charge on any atom is 0.180 e. The number of nitrogens with zero attached hydrogens (tertiary/aromatic N) is 2. The first kappa shape index (κ1) is 14.5. The van der Waals surface area contributed by atoms with E-state index < -0.39 is 0 Å². The van der Waals surface area contributed by atoms with Gasteiger partial charge < -0.3 is 5.73 Å². The van der Waals surface area contributed by atoms with E-state index in [0.29, 0.717) is 11.2 Å². The van der Waals surface area contributed by atoms with Crippen LogP contribution in [0.4, 0.5) is 5.13 Å². The molecule has 2 N–H and O–H groups in total. The van der Waals surface area contributed by atoms with Crippen LogP contribution in [0.3, 0.4) is 0 Å². The van der Waals surface area contributed by atoms with Crippen LogP contribution in [0.5, 0.6) is 0 Å². The largest absolute Gasteiger partial charge is 0.375 e. The van der Waals surface area contributed by atoms with Gasteiger partial charge in [0.25, 0.3) is 0 Å². The Labute approximate surface area is 126 Å². The van der Waals surface area contributed by atoms with E-state index in [1.165, 1.54) is 10.4 Å². The Morgan fingerprint density at radius 2 is 1.95 bits per heavy atom. The van der Waals surface area contributed by atoms with E-state index in [0.717, 1.165) is 17.6 Å². The van der Waals surface area contributed by atoms with Crippen molar-refractivity contribution in [3.8, 4) is 0 Å². The lowest BCUT2D eigenvalue weighted by Crippen LogP contribution is -2.29. The molecule has 0 atom stereocenters. The van der Waals surface area contributed by atoms with Gasteiger partial charge in [-0.2, -0.15) is 0 Å². The number of thiazole rings is 1. The lowest BCUT2D eigenvalue weighted by Gasteiger charge is -2.25. The van der Waals surface area contributed by atoms with Gasteiger partial charge in [0, 0.05) is 34.7 Å². The highest BCUT2D eigenvalue weighted by Gasteiger charge is 2.12. The molecule has 0 aliphatic heterocycles. The van der Waals surface area contributed by atoms with E-state index in [1.807, 2.05) is 6.20 Å². The second-order valence-corrected chi connectivity index (χ2v) is 6.85. The van der Waals surface area contributed by atoms with Gasteiger partial charge in [0.15, 0.2) is 5.13 Å². The molecule has 0 spiro atoms. The Bertz CT molecular complexity index is 522. The zero-order valence-electron chi connectivity index (χ0n) is 11.1. The number of hydrogen-bond acceptors (Lipinski definition) is 4. The number of nitrogen functional groups attached to an aromatic ring is 1. The maximum absolute atomic E-state index is 5.68. The highest BCUT2D eigenvalue weighted by atomic mass is 79.9. The van der Waals surface area contributed by atoms with Gasteiger partial charge in [-0.15, -0.1) is 11.3 Å². The topological polar surface area (TPSA) is 42.2 Å². The third-order valence-electron chi connectivity index (χ3n) is 2.96. The van der Waals surface area contributed by atoms with E-state index in [-0.39, 0.29) is 0 Å². The van der Waals surface area contributed by atoms with Crippen LogP contribution in [0.15, 0.2) is 34.9 Å². The molecule has 0 radical (unpaired) electrons. The average molecular weight is 340 g/mol. The summed E-state index contributed by atoms with van der Waals surface area (Å²) < 4.78 is 1.11. The molecular formula is C14H18BrN3S. The van der Waals surface area contributed by atoms with Crippen molar-refractivity contribution in [1.82, 2.24) is 9.88 Å². The van der Waals surface area contributed by atoms with Crippen molar-refractivity contribution in [3.63, 3.8) is 0 Å². The highest BCUT2D eigenvalue weighted by molar-refractivity contribution is 9.10. The lowest BCUT2D eigenvalue weighted by atomic mass is 10.2. The van der Waals surface area contributed by atoms with Crippen LogP contribution in [0.25, 0.3) is 0 Å². The molecule has 0 amide bonds. The number of rotatable bonds is 5. The average Bonchev–Trinajstić information content (AvgIpc) is 2.76. The summed E-state index contributed by atoms with van der Waals surface area (Å²) in [6.07, 6.45) is 1.87. The molecule has 0 aliphatic rings. The van der Waals surface area contributed by atoms with Crippen LogP contribution in [-0.4, -0.2) is 15.9 Å². The monoisotopic (exact) mass is 339 g/mol. The van der Waals surface area contributed by atoms with Gasteiger partial charge in [-0.1, -0.05) is 28.1 Å².